The Morgan fingerprint density at radius 1 is 1.42 bits per heavy atom. The lowest BCUT2D eigenvalue weighted by molar-refractivity contribution is -0.228. The highest BCUT2D eigenvalue weighted by Gasteiger charge is 2.44. The Morgan fingerprint density at radius 2 is 2.00 bits per heavy atom. The summed E-state index contributed by atoms with van der Waals surface area (Å²) in [7, 11) is 0. The van der Waals surface area contributed by atoms with Gasteiger partial charge in [-0.3, -0.25) is 0 Å². The first-order chi connectivity index (χ1) is 5.48. The number of nitrogens with two attached hydrogens (primary N) is 2. The zero-order valence-corrected chi connectivity index (χ0v) is 6.55. The van der Waals surface area contributed by atoms with Gasteiger partial charge in [-0.25, -0.2) is 0 Å². The minimum atomic E-state index is -1.49. The molecule has 72 valence electrons. The molecule has 1 saturated heterocycles. The second kappa shape index (κ2) is 3.25. The Kier molecular flexibility index (Phi) is 2.67. The molecule has 0 radical (unpaired) electrons. The van der Waals surface area contributed by atoms with Crippen molar-refractivity contribution >= 4 is 0 Å². The van der Waals surface area contributed by atoms with Crippen LogP contribution in [0.4, 0.5) is 0 Å². The number of ether oxygens (including phenoxy) is 1. The number of hydrogen-bond donors (Lipinski definition) is 5. The van der Waals surface area contributed by atoms with Crippen molar-refractivity contribution in [3.8, 4) is 0 Å². The number of hydrogen-bond acceptors (Lipinski definition) is 6. The van der Waals surface area contributed by atoms with Crippen molar-refractivity contribution in [3.63, 3.8) is 0 Å². The molecule has 1 fully saturated rings. The van der Waals surface area contributed by atoms with Gasteiger partial charge in [0.15, 0.2) is 6.29 Å². The minimum absolute atomic E-state index is 0.0382. The SMILES string of the molecule is NC1(N)[C@H](O)C[C@@H](O)O[C@@H]1CO. The van der Waals surface area contributed by atoms with Crippen LogP contribution in [0, 0.1) is 0 Å². The lowest BCUT2D eigenvalue weighted by Crippen LogP contribution is -2.71. The van der Waals surface area contributed by atoms with Gasteiger partial charge in [0.05, 0.1) is 12.7 Å². The van der Waals surface area contributed by atoms with E-state index in [9.17, 15) is 5.11 Å². The maximum atomic E-state index is 9.31. The largest absolute Gasteiger partial charge is 0.394 e. The van der Waals surface area contributed by atoms with Gasteiger partial charge in [0.1, 0.15) is 11.8 Å². The average molecular weight is 178 g/mol. The molecule has 6 nitrogen and oxygen atoms in total. The lowest BCUT2D eigenvalue weighted by atomic mass is 9.93. The van der Waals surface area contributed by atoms with Gasteiger partial charge in [-0.1, -0.05) is 0 Å². The molecule has 0 amide bonds. The van der Waals surface area contributed by atoms with Crippen LogP contribution in [0.5, 0.6) is 0 Å². The van der Waals surface area contributed by atoms with Crippen LogP contribution >= 0.6 is 0 Å². The van der Waals surface area contributed by atoms with E-state index in [0.29, 0.717) is 0 Å². The molecule has 0 aromatic carbocycles. The van der Waals surface area contributed by atoms with E-state index < -0.39 is 30.8 Å². The predicted octanol–water partition coefficient (Wildman–Crippen LogP) is -2.94. The third-order valence-electron chi connectivity index (χ3n) is 2.05. The fourth-order valence-electron chi connectivity index (χ4n) is 1.17. The Bertz CT molecular complexity index is 164. The van der Waals surface area contributed by atoms with E-state index in [0.717, 1.165) is 0 Å². The van der Waals surface area contributed by atoms with Gasteiger partial charge in [-0.15, -0.1) is 0 Å². The third kappa shape index (κ3) is 1.58. The van der Waals surface area contributed by atoms with Crippen molar-refractivity contribution in [2.45, 2.75) is 30.6 Å². The molecule has 0 aliphatic carbocycles. The topological polar surface area (TPSA) is 122 Å². The lowest BCUT2D eigenvalue weighted by Gasteiger charge is -2.42. The summed E-state index contributed by atoms with van der Waals surface area (Å²) in [4.78, 5) is 0. The van der Waals surface area contributed by atoms with Crippen molar-refractivity contribution in [2.75, 3.05) is 6.61 Å². The molecule has 12 heavy (non-hydrogen) atoms. The third-order valence-corrected chi connectivity index (χ3v) is 2.05. The van der Waals surface area contributed by atoms with Crippen molar-refractivity contribution in [2.24, 2.45) is 11.5 Å². The molecule has 7 N–H and O–H groups in total. The van der Waals surface area contributed by atoms with Crippen LogP contribution in [0.25, 0.3) is 0 Å². The molecule has 1 heterocycles. The highest BCUT2D eigenvalue weighted by Crippen LogP contribution is 2.22. The van der Waals surface area contributed by atoms with Gasteiger partial charge in [-0.05, 0) is 0 Å². The van der Waals surface area contributed by atoms with Crippen LogP contribution in [0.3, 0.4) is 0 Å². The Labute approximate surface area is 69.7 Å². The van der Waals surface area contributed by atoms with Crippen molar-refractivity contribution in [1.82, 2.24) is 0 Å². The normalized spacial score (nSPS) is 41.2. The summed E-state index contributed by atoms with van der Waals surface area (Å²) in [6.45, 7) is -0.429. The van der Waals surface area contributed by atoms with Gasteiger partial charge >= 0.3 is 0 Å². The highest BCUT2D eigenvalue weighted by atomic mass is 16.6. The first-order valence-corrected chi connectivity index (χ1v) is 3.68. The van der Waals surface area contributed by atoms with E-state index >= 15 is 0 Å². The Morgan fingerprint density at radius 3 is 2.50 bits per heavy atom. The Hall–Kier alpha value is -0.240. The van der Waals surface area contributed by atoms with Crippen LogP contribution in [0.1, 0.15) is 6.42 Å². The van der Waals surface area contributed by atoms with Gasteiger partial charge in [0.25, 0.3) is 0 Å². The number of aliphatic hydroxyl groups excluding tert-OH is 3. The summed E-state index contributed by atoms with van der Waals surface area (Å²) < 4.78 is 4.82. The van der Waals surface area contributed by atoms with Crippen molar-refractivity contribution in [3.05, 3.63) is 0 Å². The maximum absolute atomic E-state index is 9.31. The first-order valence-electron chi connectivity index (χ1n) is 3.68. The molecule has 0 aromatic rings. The number of rotatable bonds is 1. The summed E-state index contributed by atoms with van der Waals surface area (Å²) in [5.41, 5.74) is 9.45. The summed E-state index contributed by atoms with van der Waals surface area (Å²) in [6.07, 6.45) is -3.16. The zero-order chi connectivity index (χ0) is 9.35. The van der Waals surface area contributed by atoms with E-state index in [1.807, 2.05) is 0 Å². The molecule has 0 bridgehead atoms. The fourth-order valence-corrected chi connectivity index (χ4v) is 1.17. The average Bonchev–Trinajstić information content (AvgIpc) is 1.97. The molecule has 1 rings (SSSR count). The molecule has 3 atom stereocenters. The molecule has 6 heteroatoms. The summed E-state index contributed by atoms with van der Waals surface area (Å²) in [6, 6.07) is 0. The smallest absolute Gasteiger partial charge is 0.157 e. The van der Waals surface area contributed by atoms with Crippen LogP contribution in [0.15, 0.2) is 0 Å². The molecule has 1 aliphatic rings. The van der Waals surface area contributed by atoms with Gasteiger partial charge < -0.3 is 31.5 Å². The van der Waals surface area contributed by atoms with Crippen LogP contribution < -0.4 is 11.5 Å². The molecule has 0 unspecified atom stereocenters. The van der Waals surface area contributed by atoms with E-state index in [2.05, 4.69) is 0 Å². The van der Waals surface area contributed by atoms with E-state index in [1.165, 1.54) is 0 Å². The highest BCUT2D eigenvalue weighted by molar-refractivity contribution is 4.96. The second-order valence-electron chi connectivity index (χ2n) is 3.01. The van der Waals surface area contributed by atoms with Gasteiger partial charge in [0, 0.05) is 6.42 Å². The summed E-state index contributed by atoms with van der Waals surface area (Å²) >= 11 is 0. The summed E-state index contributed by atoms with van der Waals surface area (Å²) in [5, 5.41) is 27.1. The fraction of sp³-hybridized carbons (Fsp3) is 1.00. The minimum Gasteiger partial charge on any atom is -0.394 e. The van der Waals surface area contributed by atoms with E-state index in [4.69, 9.17) is 26.4 Å². The second-order valence-corrected chi connectivity index (χ2v) is 3.01. The van der Waals surface area contributed by atoms with Crippen molar-refractivity contribution < 1.29 is 20.1 Å². The molecule has 0 aromatic heterocycles. The van der Waals surface area contributed by atoms with E-state index in [1.54, 1.807) is 0 Å². The van der Waals surface area contributed by atoms with Crippen LogP contribution in [-0.4, -0.2) is 46.1 Å². The zero-order valence-electron chi connectivity index (χ0n) is 6.55. The predicted molar refractivity (Wildman–Crippen MR) is 39.7 cm³/mol. The maximum Gasteiger partial charge on any atom is 0.157 e. The van der Waals surface area contributed by atoms with E-state index in [-0.39, 0.29) is 6.42 Å². The summed E-state index contributed by atoms with van der Waals surface area (Å²) in [5.74, 6) is 0. The van der Waals surface area contributed by atoms with Gasteiger partial charge in [-0.2, -0.15) is 0 Å². The monoisotopic (exact) mass is 178 g/mol. The van der Waals surface area contributed by atoms with Gasteiger partial charge in [0.2, 0.25) is 0 Å². The van der Waals surface area contributed by atoms with Crippen molar-refractivity contribution in [1.29, 1.82) is 0 Å². The molecular weight excluding hydrogens is 164 g/mol. The van der Waals surface area contributed by atoms with Crippen LogP contribution in [-0.2, 0) is 4.74 Å². The quantitative estimate of drug-likeness (QED) is 0.274. The molecule has 0 spiro atoms. The molecular formula is C6H14N2O4. The van der Waals surface area contributed by atoms with Crippen LogP contribution in [0.2, 0.25) is 0 Å². The standard InChI is InChI=1S/C6H14N2O4/c7-6(8)3(10)1-5(11)12-4(6)2-9/h3-5,9-11H,1-2,7-8H2/t3-,4-,5+/m1/s1. The first kappa shape index (κ1) is 9.85. The molecule has 1 aliphatic heterocycles. The molecule has 0 saturated carbocycles. The number of aliphatic hydroxyl groups is 3. The Balaban J connectivity index is 2.71.